The number of benzene rings is 1. The van der Waals surface area contributed by atoms with E-state index >= 15 is 0 Å². The van der Waals surface area contributed by atoms with E-state index in [-0.39, 0.29) is 12.0 Å². The van der Waals surface area contributed by atoms with Gasteiger partial charge in [0.2, 0.25) is 5.88 Å². The molecule has 0 spiro atoms. The zero-order chi connectivity index (χ0) is 16.9. The molecule has 1 aromatic carbocycles. The first-order valence-electron chi connectivity index (χ1n) is 8.24. The second-order valence-corrected chi connectivity index (χ2v) is 7.33. The van der Waals surface area contributed by atoms with Crippen molar-refractivity contribution in [3.63, 3.8) is 0 Å². The molecule has 1 saturated heterocycles. The highest BCUT2D eigenvalue weighted by Crippen LogP contribution is 2.25. The van der Waals surface area contributed by atoms with Crippen molar-refractivity contribution in [3.8, 4) is 5.88 Å². The number of rotatable bonds is 5. The van der Waals surface area contributed by atoms with Crippen LogP contribution in [0.25, 0.3) is 0 Å². The number of thioether (sulfide) groups is 1. The van der Waals surface area contributed by atoms with Crippen LogP contribution in [0.15, 0.2) is 42.6 Å². The van der Waals surface area contributed by atoms with Crippen molar-refractivity contribution in [2.24, 2.45) is 0 Å². The summed E-state index contributed by atoms with van der Waals surface area (Å²) in [6, 6.07) is 11.4. The van der Waals surface area contributed by atoms with E-state index in [1.165, 1.54) is 0 Å². The van der Waals surface area contributed by atoms with Crippen molar-refractivity contribution in [3.05, 3.63) is 53.7 Å². The number of carbonyl (C=O) groups is 1. The van der Waals surface area contributed by atoms with E-state index in [1.807, 2.05) is 36.0 Å². The lowest BCUT2D eigenvalue weighted by molar-refractivity contribution is 0.102. The van der Waals surface area contributed by atoms with Gasteiger partial charge in [-0.3, -0.25) is 4.79 Å². The minimum absolute atomic E-state index is 0.154. The standard InChI is InChI=1S/C19H22N2O2S/c1-13(2)16-5-3-4-6-17(16)21-19(22)14-7-8-18(20-11-14)23-15-9-10-24-12-15/h3-8,11,13,15H,9-10,12H2,1-2H3,(H,21,22). The Morgan fingerprint density at radius 3 is 2.79 bits per heavy atom. The maximum atomic E-state index is 12.4. The monoisotopic (exact) mass is 342 g/mol. The van der Waals surface area contributed by atoms with Crippen molar-refractivity contribution >= 4 is 23.4 Å². The molecule has 2 heterocycles. The van der Waals surface area contributed by atoms with E-state index < -0.39 is 0 Å². The number of hydrogen-bond donors (Lipinski definition) is 1. The maximum Gasteiger partial charge on any atom is 0.257 e. The zero-order valence-corrected chi connectivity index (χ0v) is 14.8. The lowest BCUT2D eigenvalue weighted by Gasteiger charge is -2.14. The van der Waals surface area contributed by atoms with Gasteiger partial charge in [-0.1, -0.05) is 32.0 Å². The third-order valence-corrected chi connectivity index (χ3v) is 5.14. The number of para-hydroxylation sites is 1. The van der Waals surface area contributed by atoms with Crippen molar-refractivity contribution in [1.82, 2.24) is 4.98 Å². The SMILES string of the molecule is CC(C)c1ccccc1NC(=O)c1ccc(OC2CCSC2)nc1. The van der Waals surface area contributed by atoms with Crippen LogP contribution >= 0.6 is 11.8 Å². The van der Waals surface area contributed by atoms with Gasteiger partial charge in [0.05, 0.1) is 5.56 Å². The van der Waals surface area contributed by atoms with Gasteiger partial charge in [-0.15, -0.1) is 0 Å². The second kappa shape index (κ2) is 7.71. The number of nitrogens with one attached hydrogen (secondary N) is 1. The average Bonchev–Trinajstić information content (AvgIpc) is 3.09. The Bertz CT molecular complexity index is 695. The number of anilines is 1. The largest absolute Gasteiger partial charge is 0.473 e. The van der Waals surface area contributed by atoms with Gasteiger partial charge in [0.1, 0.15) is 6.10 Å². The van der Waals surface area contributed by atoms with Crippen LogP contribution in [0.5, 0.6) is 5.88 Å². The molecule has 1 amide bonds. The summed E-state index contributed by atoms with van der Waals surface area (Å²) in [6.45, 7) is 4.22. The fourth-order valence-corrected chi connectivity index (χ4v) is 3.76. The Labute approximate surface area is 147 Å². The van der Waals surface area contributed by atoms with Crippen LogP contribution in [-0.4, -0.2) is 28.5 Å². The molecule has 4 nitrogen and oxygen atoms in total. The predicted molar refractivity (Wildman–Crippen MR) is 99.1 cm³/mol. The van der Waals surface area contributed by atoms with Gasteiger partial charge in [0.25, 0.3) is 5.91 Å². The number of nitrogens with zero attached hydrogens (tertiary/aromatic N) is 1. The molecule has 1 fully saturated rings. The van der Waals surface area contributed by atoms with E-state index in [2.05, 4.69) is 24.1 Å². The summed E-state index contributed by atoms with van der Waals surface area (Å²) in [6.07, 6.45) is 2.87. The highest BCUT2D eigenvalue weighted by molar-refractivity contribution is 7.99. The molecule has 5 heteroatoms. The van der Waals surface area contributed by atoms with Crippen LogP contribution in [0.1, 0.15) is 42.1 Å². The summed E-state index contributed by atoms with van der Waals surface area (Å²) in [5.74, 6) is 2.93. The number of amides is 1. The van der Waals surface area contributed by atoms with Gasteiger partial charge < -0.3 is 10.1 Å². The van der Waals surface area contributed by atoms with Crippen LogP contribution < -0.4 is 10.1 Å². The van der Waals surface area contributed by atoms with Crippen molar-refractivity contribution in [2.45, 2.75) is 32.3 Å². The van der Waals surface area contributed by atoms with Crippen LogP contribution in [0, 0.1) is 0 Å². The average molecular weight is 342 g/mol. The molecule has 0 radical (unpaired) electrons. The van der Waals surface area contributed by atoms with E-state index in [4.69, 9.17) is 4.74 Å². The molecular formula is C19H22N2O2S. The van der Waals surface area contributed by atoms with Gasteiger partial charge in [0.15, 0.2) is 0 Å². The molecule has 0 bridgehead atoms. The number of hydrogen-bond acceptors (Lipinski definition) is 4. The third kappa shape index (κ3) is 4.09. The van der Waals surface area contributed by atoms with E-state index in [1.54, 1.807) is 18.3 Å². The van der Waals surface area contributed by atoms with Crippen LogP contribution in [0.3, 0.4) is 0 Å². The molecule has 1 unspecified atom stereocenters. The highest BCUT2D eigenvalue weighted by Gasteiger charge is 2.18. The van der Waals surface area contributed by atoms with Crippen LogP contribution in [0.4, 0.5) is 5.69 Å². The normalized spacial score (nSPS) is 17.0. The molecule has 126 valence electrons. The molecule has 1 atom stereocenters. The second-order valence-electron chi connectivity index (χ2n) is 6.18. The zero-order valence-electron chi connectivity index (χ0n) is 14.0. The lowest BCUT2D eigenvalue weighted by atomic mass is 10.0. The molecular weight excluding hydrogens is 320 g/mol. The molecule has 24 heavy (non-hydrogen) atoms. The molecule has 0 saturated carbocycles. The third-order valence-electron chi connectivity index (χ3n) is 4.00. The van der Waals surface area contributed by atoms with E-state index in [0.29, 0.717) is 17.4 Å². The molecule has 1 aliphatic rings. The topological polar surface area (TPSA) is 51.2 Å². The fourth-order valence-electron chi connectivity index (χ4n) is 2.67. The quantitative estimate of drug-likeness (QED) is 0.878. The summed E-state index contributed by atoms with van der Waals surface area (Å²) >= 11 is 1.90. The Hall–Kier alpha value is -2.01. The minimum Gasteiger partial charge on any atom is -0.473 e. The van der Waals surface area contributed by atoms with Gasteiger partial charge in [-0.25, -0.2) is 4.98 Å². The predicted octanol–water partition coefficient (Wildman–Crippen LogP) is 4.34. The molecule has 1 aromatic heterocycles. The number of carbonyl (C=O) groups excluding carboxylic acids is 1. The summed E-state index contributed by atoms with van der Waals surface area (Å²) in [5.41, 5.74) is 2.50. The highest BCUT2D eigenvalue weighted by atomic mass is 32.2. The summed E-state index contributed by atoms with van der Waals surface area (Å²) in [4.78, 5) is 16.7. The Morgan fingerprint density at radius 1 is 1.29 bits per heavy atom. The molecule has 2 aromatic rings. The van der Waals surface area contributed by atoms with E-state index in [9.17, 15) is 4.79 Å². The van der Waals surface area contributed by atoms with Gasteiger partial charge in [-0.05, 0) is 35.8 Å². The maximum absolute atomic E-state index is 12.4. The number of pyridine rings is 1. The van der Waals surface area contributed by atoms with Crippen LogP contribution in [0.2, 0.25) is 0 Å². The van der Waals surface area contributed by atoms with Crippen molar-refractivity contribution in [1.29, 1.82) is 0 Å². The summed E-state index contributed by atoms with van der Waals surface area (Å²) in [7, 11) is 0. The summed E-state index contributed by atoms with van der Waals surface area (Å²) < 4.78 is 5.82. The fraction of sp³-hybridized carbons (Fsp3) is 0.368. The Kier molecular flexibility index (Phi) is 5.41. The Morgan fingerprint density at radius 2 is 2.12 bits per heavy atom. The number of ether oxygens (including phenoxy) is 1. The number of aromatic nitrogens is 1. The van der Waals surface area contributed by atoms with Crippen molar-refractivity contribution < 1.29 is 9.53 Å². The molecule has 0 aliphatic carbocycles. The molecule has 1 aliphatic heterocycles. The molecule has 3 rings (SSSR count). The van der Waals surface area contributed by atoms with Gasteiger partial charge in [-0.2, -0.15) is 11.8 Å². The van der Waals surface area contributed by atoms with Gasteiger partial charge >= 0.3 is 0 Å². The van der Waals surface area contributed by atoms with Crippen molar-refractivity contribution in [2.75, 3.05) is 16.8 Å². The first-order valence-corrected chi connectivity index (χ1v) is 9.39. The van der Waals surface area contributed by atoms with Crippen LogP contribution in [-0.2, 0) is 0 Å². The first kappa shape index (κ1) is 16.8. The first-order chi connectivity index (χ1) is 11.6. The van der Waals surface area contributed by atoms with Gasteiger partial charge in [0, 0.05) is 23.7 Å². The lowest BCUT2D eigenvalue weighted by Crippen LogP contribution is -2.16. The Balaban J connectivity index is 1.67. The smallest absolute Gasteiger partial charge is 0.257 e. The van der Waals surface area contributed by atoms with E-state index in [0.717, 1.165) is 29.2 Å². The summed E-state index contributed by atoms with van der Waals surface area (Å²) in [5, 5.41) is 2.98. The minimum atomic E-state index is -0.154. The molecule has 1 N–H and O–H groups in total.